The molecule has 2 aromatic rings. The summed E-state index contributed by atoms with van der Waals surface area (Å²) in [4.78, 5) is 11.1. The molecule has 96 valence electrons. The topological polar surface area (TPSA) is 68.2 Å². The average molecular weight is 246 g/mol. The molecule has 0 aliphatic heterocycles. The Kier molecular flexibility index (Phi) is 3.13. The maximum atomic E-state index is 11.1. The molecular formula is C14H18N2O2. The van der Waals surface area contributed by atoms with Crippen LogP contribution in [0.3, 0.4) is 0 Å². The number of nitrogens with two attached hydrogens (primary N) is 1. The third kappa shape index (κ3) is 1.88. The molecule has 18 heavy (non-hydrogen) atoms. The highest BCUT2D eigenvalue weighted by Crippen LogP contribution is 2.29. The summed E-state index contributed by atoms with van der Waals surface area (Å²) in [7, 11) is 0. The van der Waals surface area contributed by atoms with E-state index in [9.17, 15) is 4.79 Å². The lowest BCUT2D eigenvalue weighted by atomic mass is 10.1. The van der Waals surface area contributed by atoms with Crippen LogP contribution in [0.25, 0.3) is 10.9 Å². The number of hydrogen-bond acceptors (Lipinski definition) is 2. The predicted octanol–water partition coefficient (Wildman–Crippen LogP) is 2.62. The number of aromatic nitrogens is 1. The highest BCUT2D eigenvalue weighted by molar-refractivity contribution is 5.87. The molecule has 1 atom stereocenters. The van der Waals surface area contributed by atoms with Crippen LogP contribution in [0.2, 0.25) is 0 Å². The molecule has 3 N–H and O–H groups in total. The molecule has 1 aromatic carbocycles. The number of carboxylic acids is 1. The number of carboxylic acid groups (broad SMARTS) is 1. The van der Waals surface area contributed by atoms with E-state index in [1.165, 1.54) is 0 Å². The van der Waals surface area contributed by atoms with Gasteiger partial charge in [-0.05, 0) is 38.5 Å². The van der Waals surface area contributed by atoms with Crippen LogP contribution in [-0.2, 0) is 4.79 Å². The van der Waals surface area contributed by atoms with Crippen LogP contribution in [0, 0.1) is 6.92 Å². The molecule has 0 saturated heterocycles. The monoisotopic (exact) mass is 246 g/mol. The van der Waals surface area contributed by atoms with Crippen molar-refractivity contribution in [3.63, 3.8) is 0 Å². The first-order valence-electron chi connectivity index (χ1n) is 6.02. The van der Waals surface area contributed by atoms with Gasteiger partial charge in [-0.25, -0.2) is 0 Å². The van der Waals surface area contributed by atoms with Crippen LogP contribution in [-0.4, -0.2) is 15.6 Å². The van der Waals surface area contributed by atoms with Crippen LogP contribution >= 0.6 is 0 Å². The van der Waals surface area contributed by atoms with E-state index in [1.807, 2.05) is 49.6 Å². The molecule has 2 rings (SSSR count). The Labute approximate surface area is 106 Å². The summed E-state index contributed by atoms with van der Waals surface area (Å²) in [6.45, 7) is 6.07. The molecule has 4 heteroatoms. The zero-order valence-electron chi connectivity index (χ0n) is 10.8. The summed E-state index contributed by atoms with van der Waals surface area (Å²) in [6.07, 6.45) is 0. The number of aliphatic carboxylic acids is 1. The van der Waals surface area contributed by atoms with Crippen molar-refractivity contribution in [2.45, 2.75) is 32.9 Å². The van der Waals surface area contributed by atoms with Crippen molar-refractivity contribution in [1.82, 2.24) is 4.57 Å². The number of rotatable bonds is 3. The van der Waals surface area contributed by atoms with Gasteiger partial charge in [0.2, 0.25) is 0 Å². The number of benzene rings is 1. The zero-order valence-corrected chi connectivity index (χ0v) is 10.8. The van der Waals surface area contributed by atoms with E-state index in [2.05, 4.69) is 0 Å². The molecule has 0 aliphatic rings. The fourth-order valence-electron chi connectivity index (χ4n) is 2.36. The number of carbonyl (C=O) groups is 1. The van der Waals surface area contributed by atoms with Gasteiger partial charge in [0, 0.05) is 22.6 Å². The van der Waals surface area contributed by atoms with Crippen LogP contribution < -0.4 is 5.73 Å². The van der Waals surface area contributed by atoms with Gasteiger partial charge in [0.15, 0.2) is 0 Å². The largest absolute Gasteiger partial charge is 0.480 e. The van der Waals surface area contributed by atoms with Crippen molar-refractivity contribution in [1.29, 1.82) is 0 Å². The van der Waals surface area contributed by atoms with E-state index < -0.39 is 12.0 Å². The molecular weight excluding hydrogens is 228 g/mol. The zero-order chi connectivity index (χ0) is 13.4. The summed E-state index contributed by atoms with van der Waals surface area (Å²) < 4.78 is 2.00. The Morgan fingerprint density at radius 2 is 2.06 bits per heavy atom. The number of hydrogen-bond donors (Lipinski definition) is 2. The lowest BCUT2D eigenvalue weighted by molar-refractivity contribution is -0.138. The van der Waals surface area contributed by atoms with Crippen LogP contribution in [0.5, 0.6) is 0 Å². The maximum Gasteiger partial charge on any atom is 0.326 e. The van der Waals surface area contributed by atoms with Gasteiger partial charge < -0.3 is 15.4 Å². The third-order valence-electron chi connectivity index (χ3n) is 3.23. The molecule has 0 aliphatic carbocycles. The van der Waals surface area contributed by atoms with Gasteiger partial charge in [-0.15, -0.1) is 0 Å². The van der Waals surface area contributed by atoms with Gasteiger partial charge in [-0.1, -0.05) is 12.1 Å². The van der Waals surface area contributed by atoms with Gasteiger partial charge in [-0.3, -0.25) is 4.79 Å². The van der Waals surface area contributed by atoms with E-state index in [0.717, 1.165) is 16.5 Å². The standard InChI is InChI=1S/C14H18N2O2/c1-8(2)16-11-6-4-5-9(3)10(11)7-12(16)13(15)14(17)18/h4-8,13H,15H2,1-3H3,(H,17,18). The molecule has 1 unspecified atom stereocenters. The first-order valence-corrected chi connectivity index (χ1v) is 6.02. The number of fused-ring (bicyclic) bond motifs is 1. The highest BCUT2D eigenvalue weighted by Gasteiger charge is 2.22. The highest BCUT2D eigenvalue weighted by atomic mass is 16.4. The van der Waals surface area contributed by atoms with E-state index in [4.69, 9.17) is 10.8 Å². The molecule has 4 nitrogen and oxygen atoms in total. The van der Waals surface area contributed by atoms with Crippen molar-refractivity contribution in [2.75, 3.05) is 0 Å². The lowest BCUT2D eigenvalue weighted by Gasteiger charge is -2.17. The van der Waals surface area contributed by atoms with E-state index in [0.29, 0.717) is 5.69 Å². The summed E-state index contributed by atoms with van der Waals surface area (Å²) in [6, 6.07) is 7.07. The lowest BCUT2D eigenvalue weighted by Crippen LogP contribution is -2.24. The molecule has 1 heterocycles. The summed E-state index contributed by atoms with van der Waals surface area (Å²) in [5, 5.41) is 10.2. The van der Waals surface area contributed by atoms with E-state index in [-0.39, 0.29) is 6.04 Å². The van der Waals surface area contributed by atoms with Crippen LogP contribution in [0.15, 0.2) is 24.3 Å². The summed E-state index contributed by atoms with van der Waals surface area (Å²) in [5.41, 5.74) is 8.59. The number of aryl methyl sites for hydroxylation is 1. The Morgan fingerprint density at radius 1 is 1.39 bits per heavy atom. The molecule has 0 spiro atoms. The first kappa shape index (κ1) is 12.6. The number of nitrogens with zero attached hydrogens (tertiary/aromatic N) is 1. The Bertz CT molecular complexity index is 599. The van der Waals surface area contributed by atoms with Crippen LogP contribution in [0.1, 0.15) is 37.2 Å². The fourth-order valence-corrected chi connectivity index (χ4v) is 2.36. The second kappa shape index (κ2) is 4.46. The fraction of sp³-hybridized carbons (Fsp3) is 0.357. The normalized spacial score (nSPS) is 13.2. The Morgan fingerprint density at radius 3 is 2.61 bits per heavy atom. The minimum Gasteiger partial charge on any atom is -0.480 e. The first-order chi connectivity index (χ1) is 8.43. The second-order valence-electron chi connectivity index (χ2n) is 4.86. The molecule has 0 amide bonds. The van der Waals surface area contributed by atoms with Gasteiger partial charge in [0.1, 0.15) is 6.04 Å². The van der Waals surface area contributed by atoms with Crippen molar-refractivity contribution in [3.05, 3.63) is 35.5 Å². The van der Waals surface area contributed by atoms with Gasteiger partial charge in [0.05, 0.1) is 0 Å². The Hall–Kier alpha value is -1.81. The Balaban J connectivity index is 2.77. The third-order valence-corrected chi connectivity index (χ3v) is 3.23. The van der Waals surface area contributed by atoms with Crippen molar-refractivity contribution in [2.24, 2.45) is 5.73 Å². The van der Waals surface area contributed by atoms with Gasteiger partial charge in [-0.2, -0.15) is 0 Å². The SMILES string of the molecule is Cc1cccc2c1cc(C(N)C(=O)O)n2C(C)C. The minimum atomic E-state index is -1.00. The molecule has 0 saturated carbocycles. The van der Waals surface area contributed by atoms with Crippen molar-refractivity contribution in [3.8, 4) is 0 Å². The van der Waals surface area contributed by atoms with Crippen molar-refractivity contribution < 1.29 is 9.90 Å². The predicted molar refractivity (Wildman–Crippen MR) is 71.6 cm³/mol. The van der Waals surface area contributed by atoms with Crippen molar-refractivity contribution >= 4 is 16.9 Å². The molecule has 0 radical (unpaired) electrons. The second-order valence-corrected chi connectivity index (χ2v) is 4.86. The average Bonchev–Trinajstić information content (AvgIpc) is 2.68. The van der Waals surface area contributed by atoms with Gasteiger partial charge >= 0.3 is 5.97 Å². The van der Waals surface area contributed by atoms with E-state index >= 15 is 0 Å². The van der Waals surface area contributed by atoms with Gasteiger partial charge in [0.25, 0.3) is 0 Å². The summed E-state index contributed by atoms with van der Waals surface area (Å²) in [5.74, 6) is -1.00. The maximum absolute atomic E-state index is 11.1. The van der Waals surface area contributed by atoms with Crippen LogP contribution in [0.4, 0.5) is 0 Å². The minimum absolute atomic E-state index is 0.171. The smallest absolute Gasteiger partial charge is 0.326 e. The summed E-state index contributed by atoms with van der Waals surface area (Å²) >= 11 is 0. The quantitative estimate of drug-likeness (QED) is 0.874. The molecule has 1 aromatic heterocycles. The van der Waals surface area contributed by atoms with E-state index in [1.54, 1.807) is 0 Å². The molecule has 0 bridgehead atoms. The molecule has 0 fully saturated rings.